The van der Waals surface area contributed by atoms with E-state index < -0.39 is 26.6 Å². The Morgan fingerprint density at radius 1 is 0.861 bits per heavy atom. The van der Waals surface area contributed by atoms with Gasteiger partial charge >= 0.3 is 0 Å². The van der Waals surface area contributed by atoms with Crippen LogP contribution in [0.25, 0.3) is 0 Å². The van der Waals surface area contributed by atoms with Crippen LogP contribution in [-0.4, -0.2) is 57.1 Å². The quantitative estimate of drug-likeness (QED) is 0.541. The van der Waals surface area contributed by atoms with Crippen LogP contribution in [0.5, 0.6) is 11.5 Å². The average molecular weight is 516 g/mol. The van der Waals surface area contributed by atoms with Crippen molar-refractivity contribution in [2.45, 2.75) is 11.4 Å². The van der Waals surface area contributed by atoms with Crippen molar-refractivity contribution in [3.05, 3.63) is 83.4 Å². The van der Waals surface area contributed by atoms with Crippen LogP contribution in [0.15, 0.2) is 65.6 Å². The number of halogens is 2. The third-order valence-corrected chi connectivity index (χ3v) is 7.47. The summed E-state index contributed by atoms with van der Waals surface area (Å²) in [6.45, 7) is 3.53. The van der Waals surface area contributed by atoms with Gasteiger partial charge in [0.05, 0.1) is 4.90 Å². The van der Waals surface area contributed by atoms with Gasteiger partial charge in [0.2, 0.25) is 6.79 Å². The molecule has 11 heteroatoms. The topological polar surface area (TPSA) is 88.2 Å². The standard InChI is InChI=1S/C25H23F2N3O5S/c26-21-7-6-20(14-22(21)27)36(32,33)28-19-4-2-18(3-5-19)25(31)30-11-9-29(10-12-30)15-17-1-8-23-24(13-17)35-16-34-23/h1-8,13-14,28H,9-12,15-16H2. The third-order valence-electron chi connectivity index (χ3n) is 6.09. The number of carbonyl (C=O) groups is 1. The number of ether oxygens (including phenoxy) is 2. The lowest BCUT2D eigenvalue weighted by molar-refractivity contribution is 0.0628. The van der Waals surface area contributed by atoms with E-state index in [-0.39, 0.29) is 18.4 Å². The molecule has 1 saturated heterocycles. The van der Waals surface area contributed by atoms with E-state index in [0.717, 1.165) is 35.7 Å². The van der Waals surface area contributed by atoms with Crippen LogP contribution in [0, 0.1) is 11.6 Å². The number of sulfonamides is 1. The Bertz CT molecular complexity index is 1390. The molecule has 188 valence electrons. The van der Waals surface area contributed by atoms with Crippen molar-refractivity contribution in [2.75, 3.05) is 37.7 Å². The van der Waals surface area contributed by atoms with Crippen molar-refractivity contribution in [1.82, 2.24) is 9.80 Å². The zero-order valence-corrected chi connectivity index (χ0v) is 19.9. The molecule has 0 unspecified atom stereocenters. The molecule has 3 aromatic rings. The first-order chi connectivity index (χ1) is 17.3. The van der Waals surface area contributed by atoms with E-state index in [9.17, 15) is 22.0 Å². The summed E-state index contributed by atoms with van der Waals surface area (Å²) >= 11 is 0. The minimum Gasteiger partial charge on any atom is -0.454 e. The molecule has 36 heavy (non-hydrogen) atoms. The van der Waals surface area contributed by atoms with Gasteiger partial charge < -0.3 is 14.4 Å². The number of nitrogens with zero attached hydrogens (tertiary/aromatic N) is 2. The summed E-state index contributed by atoms with van der Waals surface area (Å²) in [6.07, 6.45) is 0. The lowest BCUT2D eigenvalue weighted by atomic mass is 10.1. The van der Waals surface area contributed by atoms with E-state index in [2.05, 4.69) is 9.62 Å². The molecule has 0 aromatic heterocycles. The van der Waals surface area contributed by atoms with Crippen LogP contribution in [0.2, 0.25) is 0 Å². The highest BCUT2D eigenvalue weighted by Crippen LogP contribution is 2.33. The number of hydrogen-bond donors (Lipinski definition) is 1. The molecule has 2 heterocycles. The molecule has 0 bridgehead atoms. The predicted octanol–water partition coefficient (Wildman–Crippen LogP) is 3.45. The van der Waals surface area contributed by atoms with Gasteiger partial charge in [-0.25, -0.2) is 17.2 Å². The summed E-state index contributed by atoms with van der Waals surface area (Å²) < 4.78 is 64.5. The second-order valence-electron chi connectivity index (χ2n) is 8.51. The van der Waals surface area contributed by atoms with Crippen LogP contribution in [-0.2, 0) is 16.6 Å². The van der Waals surface area contributed by atoms with Gasteiger partial charge in [0.1, 0.15) is 0 Å². The smallest absolute Gasteiger partial charge is 0.261 e. The molecule has 8 nitrogen and oxygen atoms in total. The number of hydrogen-bond acceptors (Lipinski definition) is 6. The van der Waals surface area contributed by atoms with E-state index in [0.29, 0.717) is 37.8 Å². The molecule has 2 aliphatic heterocycles. The van der Waals surface area contributed by atoms with Gasteiger partial charge in [0.15, 0.2) is 23.1 Å². The molecule has 5 rings (SSSR count). The number of nitrogens with one attached hydrogen (secondary N) is 1. The first-order valence-electron chi connectivity index (χ1n) is 11.3. The van der Waals surface area contributed by atoms with Gasteiger partial charge in [-0.1, -0.05) is 6.07 Å². The van der Waals surface area contributed by atoms with Crippen LogP contribution < -0.4 is 14.2 Å². The first-order valence-corrected chi connectivity index (χ1v) is 12.7. The zero-order chi connectivity index (χ0) is 25.3. The normalized spacial score (nSPS) is 15.7. The molecule has 0 radical (unpaired) electrons. The Morgan fingerprint density at radius 2 is 1.58 bits per heavy atom. The number of fused-ring (bicyclic) bond motifs is 1. The second-order valence-corrected chi connectivity index (χ2v) is 10.2. The minimum atomic E-state index is -4.11. The maximum Gasteiger partial charge on any atom is 0.261 e. The third kappa shape index (κ3) is 5.12. The Labute approximate surface area is 207 Å². The van der Waals surface area contributed by atoms with E-state index in [4.69, 9.17) is 9.47 Å². The molecule has 0 aliphatic carbocycles. The SMILES string of the molecule is O=C(c1ccc(NS(=O)(=O)c2ccc(F)c(F)c2)cc1)N1CCN(Cc2ccc3c(c2)OCO3)CC1. The Balaban J connectivity index is 1.16. The summed E-state index contributed by atoms with van der Waals surface area (Å²) in [7, 11) is -4.11. The number of carbonyl (C=O) groups excluding carboxylic acids is 1. The molecular weight excluding hydrogens is 492 g/mol. The Kier molecular flexibility index (Phi) is 6.50. The van der Waals surface area contributed by atoms with Crippen molar-refractivity contribution in [1.29, 1.82) is 0 Å². The highest BCUT2D eigenvalue weighted by molar-refractivity contribution is 7.92. The molecular formula is C25H23F2N3O5S. The van der Waals surface area contributed by atoms with Gasteiger partial charge in [-0.15, -0.1) is 0 Å². The van der Waals surface area contributed by atoms with E-state index in [1.807, 2.05) is 18.2 Å². The van der Waals surface area contributed by atoms with E-state index in [1.54, 1.807) is 4.90 Å². The zero-order valence-electron chi connectivity index (χ0n) is 19.1. The van der Waals surface area contributed by atoms with Gasteiger partial charge in [0, 0.05) is 44.0 Å². The van der Waals surface area contributed by atoms with Crippen molar-refractivity contribution in [2.24, 2.45) is 0 Å². The minimum absolute atomic E-state index is 0.146. The van der Waals surface area contributed by atoms with Gasteiger partial charge in [-0.3, -0.25) is 14.4 Å². The van der Waals surface area contributed by atoms with Gasteiger partial charge in [-0.05, 0) is 60.2 Å². The van der Waals surface area contributed by atoms with Gasteiger partial charge in [-0.2, -0.15) is 0 Å². The molecule has 1 fully saturated rings. The lowest BCUT2D eigenvalue weighted by Crippen LogP contribution is -2.48. The number of piperazine rings is 1. The summed E-state index contributed by atoms with van der Waals surface area (Å²) in [6, 6.07) is 14.2. The predicted molar refractivity (Wildman–Crippen MR) is 127 cm³/mol. The molecule has 0 saturated carbocycles. The van der Waals surface area contributed by atoms with Crippen LogP contribution in [0.4, 0.5) is 14.5 Å². The molecule has 0 spiro atoms. The maximum absolute atomic E-state index is 13.4. The Morgan fingerprint density at radius 3 is 2.31 bits per heavy atom. The fourth-order valence-corrected chi connectivity index (χ4v) is 5.20. The summed E-state index contributed by atoms with van der Waals surface area (Å²) in [4.78, 5) is 16.6. The monoisotopic (exact) mass is 515 g/mol. The summed E-state index contributed by atoms with van der Waals surface area (Å²) in [5.74, 6) is -1.04. The maximum atomic E-state index is 13.4. The largest absolute Gasteiger partial charge is 0.454 e. The van der Waals surface area contributed by atoms with Crippen molar-refractivity contribution < 1.29 is 31.5 Å². The van der Waals surface area contributed by atoms with Gasteiger partial charge in [0.25, 0.3) is 15.9 Å². The Hall–Kier alpha value is -3.70. The fraction of sp³-hybridized carbons (Fsp3) is 0.240. The molecule has 0 atom stereocenters. The number of amides is 1. The van der Waals surface area contributed by atoms with Crippen LogP contribution in [0.1, 0.15) is 15.9 Å². The summed E-state index contributed by atoms with van der Waals surface area (Å²) in [5, 5.41) is 0. The average Bonchev–Trinajstić information content (AvgIpc) is 3.34. The second kappa shape index (κ2) is 9.75. The van der Waals surface area contributed by atoms with Crippen LogP contribution >= 0.6 is 0 Å². The van der Waals surface area contributed by atoms with Crippen LogP contribution in [0.3, 0.4) is 0 Å². The molecule has 3 aromatic carbocycles. The summed E-state index contributed by atoms with van der Waals surface area (Å²) in [5.41, 5.74) is 1.74. The fourth-order valence-electron chi connectivity index (χ4n) is 4.13. The molecule has 2 aliphatic rings. The van der Waals surface area contributed by atoms with E-state index in [1.165, 1.54) is 24.3 Å². The highest BCUT2D eigenvalue weighted by atomic mass is 32.2. The van der Waals surface area contributed by atoms with E-state index >= 15 is 0 Å². The number of anilines is 1. The number of benzene rings is 3. The first kappa shape index (κ1) is 24.0. The van der Waals surface area contributed by atoms with Crippen molar-refractivity contribution in [3.63, 3.8) is 0 Å². The lowest BCUT2D eigenvalue weighted by Gasteiger charge is -2.34. The number of rotatable bonds is 6. The highest BCUT2D eigenvalue weighted by Gasteiger charge is 2.23. The molecule has 1 amide bonds. The van der Waals surface area contributed by atoms with Crippen molar-refractivity contribution >= 4 is 21.6 Å². The molecule has 1 N–H and O–H groups in total. The van der Waals surface area contributed by atoms with Crippen molar-refractivity contribution in [3.8, 4) is 11.5 Å².